The average molecular weight is 322 g/mol. The van der Waals surface area contributed by atoms with Gasteiger partial charge in [0.15, 0.2) is 5.82 Å². The number of azo groups is 1. The molecule has 0 aliphatic rings. The van der Waals surface area contributed by atoms with Gasteiger partial charge in [0.25, 0.3) is 0 Å². The molecular weight excluding hydrogens is 300 g/mol. The zero-order valence-electron chi connectivity index (χ0n) is 14.4. The number of fused-ring (bicyclic) bond motifs is 1. The molecule has 0 unspecified atom stereocenters. The molecule has 0 amide bonds. The highest BCUT2D eigenvalue weighted by Gasteiger charge is 2.09. The maximum atomic E-state index is 5.66. The second-order valence-electron chi connectivity index (χ2n) is 5.80. The number of ether oxygens (including phenoxy) is 1. The molecule has 0 N–H and O–H groups in total. The third kappa shape index (κ3) is 3.45. The first-order valence-electron chi connectivity index (χ1n) is 8.28. The minimum Gasteiger partial charge on any atom is -0.494 e. The number of hydrogen-bond donors (Lipinski definition) is 0. The van der Waals surface area contributed by atoms with Gasteiger partial charge in [0.2, 0.25) is 0 Å². The Kier molecular flexibility index (Phi) is 4.89. The molecule has 0 saturated heterocycles. The lowest BCUT2D eigenvalue weighted by molar-refractivity contribution is 0.309. The molecule has 5 heteroatoms. The molecule has 0 atom stereocenters. The predicted octanol–water partition coefficient (Wildman–Crippen LogP) is 5.55. The van der Waals surface area contributed by atoms with E-state index in [0.29, 0.717) is 0 Å². The summed E-state index contributed by atoms with van der Waals surface area (Å²) in [6.45, 7) is 6.89. The van der Waals surface area contributed by atoms with Gasteiger partial charge in [-0.25, -0.2) is 4.98 Å². The third-order valence-corrected chi connectivity index (χ3v) is 3.85. The van der Waals surface area contributed by atoms with Crippen molar-refractivity contribution in [3.05, 3.63) is 53.9 Å². The van der Waals surface area contributed by atoms with Gasteiger partial charge in [-0.15, -0.1) is 10.2 Å². The van der Waals surface area contributed by atoms with Crippen molar-refractivity contribution in [1.29, 1.82) is 0 Å². The number of unbranched alkanes of at least 4 members (excludes halogenated alkanes) is 1. The fourth-order valence-electron chi connectivity index (χ4n) is 2.47. The normalized spacial score (nSPS) is 11.5. The van der Waals surface area contributed by atoms with Crippen LogP contribution in [0.25, 0.3) is 5.65 Å². The highest BCUT2D eigenvalue weighted by Crippen LogP contribution is 2.25. The van der Waals surface area contributed by atoms with E-state index in [2.05, 4.69) is 22.1 Å². The maximum Gasteiger partial charge on any atom is 0.182 e. The second kappa shape index (κ2) is 7.25. The average Bonchev–Trinajstić information content (AvgIpc) is 2.91. The quantitative estimate of drug-likeness (QED) is 0.441. The van der Waals surface area contributed by atoms with Gasteiger partial charge in [0, 0.05) is 6.20 Å². The summed E-state index contributed by atoms with van der Waals surface area (Å²) in [6, 6.07) is 11.7. The summed E-state index contributed by atoms with van der Waals surface area (Å²) in [6.07, 6.45) is 4.15. The summed E-state index contributed by atoms with van der Waals surface area (Å²) < 4.78 is 7.62. The number of pyridine rings is 1. The summed E-state index contributed by atoms with van der Waals surface area (Å²) >= 11 is 0. The first kappa shape index (κ1) is 16.2. The Bertz CT molecular complexity index is 850. The Morgan fingerprint density at radius 1 is 1.08 bits per heavy atom. The van der Waals surface area contributed by atoms with Crippen molar-refractivity contribution in [2.24, 2.45) is 10.2 Å². The molecule has 2 aromatic heterocycles. The van der Waals surface area contributed by atoms with Crippen molar-refractivity contribution < 1.29 is 4.74 Å². The fourth-order valence-corrected chi connectivity index (χ4v) is 2.47. The van der Waals surface area contributed by atoms with E-state index in [1.165, 1.54) is 0 Å². The number of hydrogen-bond acceptors (Lipinski definition) is 4. The molecule has 0 saturated carbocycles. The minimum absolute atomic E-state index is 0.748. The number of aromatic nitrogens is 2. The van der Waals surface area contributed by atoms with Crippen LogP contribution in [0.1, 0.15) is 31.0 Å². The van der Waals surface area contributed by atoms with Crippen LogP contribution in [-0.2, 0) is 0 Å². The van der Waals surface area contributed by atoms with Crippen LogP contribution in [0.2, 0.25) is 0 Å². The van der Waals surface area contributed by atoms with Crippen LogP contribution in [0, 0.1) is 13.8 Å². The standard InChI is InChI=1S/C19H22N4O/c1-4-5-13-24-17-10-8-16(9-11-17)21-22-19-15(3)20-18-14(2)7-6-12-23(18)19/h6-12H,4-5,13H2,1-3H3. The van der Waals surface area contributed by atoms with Crippen molar-refractivity contribution in [2.75, 3.05) is 6.61 Å². The number of benzene rings is 1. The maximum absolute atomic E-state index is 5.66. The Balaban J connectivity index is 1.79. The molecule has 0 spiro atoms. The molecule has 1 aromatic carbocycles. The van der Waals surface area contributed by atoms with E-state index in [-0.39, 0.29) is 0 Å². The zero-order valence-corrected chi connectivity index (χ0v) is 14.4. The Hall–Kier alpha value is -2.69. The number of aryl methyl sites for hydroxylation is 2. The summed E-state index contributed by atoms with van der Waals surface area (Å²) in [4.78, 5) is 4.57. The first-order chi connectivity index (χ1) is 11.7. The summed E-state index contributed by atoms with van der Waals surface area (Å²) in [7, 11) is 0. The van der Waals surface area contributed by atoms with Crippen molar-refractivity contribution in [3.63, 3.8) is 0 Å². The molecule has 0 radical (unpaired) electrons. The summed E-state index contributed by atoms with van der Waals surface area (Å²) in [5, 5.41) is 8.73. The number of imidazole rings is 1. The molecule has 124 valence electrons. The van der Waals surface area contributed by atoms with Crippen LogP contribution >= 0.6 is 0 Å². The van der Waals surface area contributed by atoms with Gasteiger partial charge >= 0.3 is 0 Å². The van der Waals surface area contributed by atoms with Crippen LogP contribution in [0.5, 0.6) is 5.75 Å². The van der Waals surface area contributed by atoms with E-state index in [9.17, 15) is 0 Å². The van der Waals surface area contributed by atoms with E-state index in [1.807, 2.05) is 60.8 Å². The molecule has 3 aromatic rings. The topological polar surface area (TPSA) is 51.2 Å². The predicted molar refractivity (Wildman–Crippen MR) is 95.7 cm³/mol. The summed E-state index contributed by atoms with van der Waals surface area (Å²) in [5.74, 6) is 1.63. The van der Waals surface area contributed by atoms with Crippen molar-refractivity contribution in [1.82, 2.24) is 9.38 Å². The lowest BCUT2D eigenvalue weighted by Gasteiger charge is -2.04. The van der Waals surface area contributed by atoms with Gasteiger partial charge in [-0.1, -0.05) is 19.4 Å². The largest absolute Gasteiger partial charge is 0.494 e. The molecule has 0 aliphatic heterocycles. The van der Waals surface area contributed by atoms with E-state index >= 15 is 0 Å². The smallest absolute Gasteiger partial charge is 0.182 e. The molecular formula is C19H22N4O. The highest BCUT2D eigenvalue weighted by atomic mass is 16.5. The number of nitrogens with zero attached hydrogens (tertiary/aromatic N) is 4. The van der Waals surface area contributed by atoms with Crippen molar-refractivity contribution >= 4 is 17.2 Å². The van der Waals surface area contributed by atoms with Gasteiger partial charge in [0.05, 0.1) is 18.0 Å². The van der Waals surface area contributed by atoms with E-state index in [1.54, 1.807) is 0 Å². The van der Waals surface area contributed by atoms with Crippen molar-refractivity contribution in [2.45, 2.75) is 33.6 Å². The van der Waals surface area contributed by atoms with E-state index < -0.39 is 0 Å². The van der Waals surface area contributed by atoms with Crippen LogP contribution in [0.4, 0.5) is 11.5 Å². The third-order valence-electron chi connectivity index (χ3n) is 3.85. The second-order valence-corrected chi connectivity index (χ2v) is 5.80. The van der Waals surface area contributed by atoms with Crippen LogP contribution < -0.4 is 4.74 Å². The van der Waals surface area contributed by atoms with Gasteiger partial charge < -0.3 is 4.74 Å². The lowest BCUT2D eigenvalue weighted by atomic mass is 10.3. The van der Waals surface area contributed by atoms with Crippen LogP contribution in [0.15, 0.2) is 52.8 Å². The van der Waals surface area contributed by atoms with Gasteiger partial charge in [-0.05, 0) is 56.2 Å². The lowest BCUT2D eigenvalue weighted by Crippen LogP contribution is -1.95. The highest BCUT2D eigenvalue weighted by molar-refractivity contribution is 5.56. The molecule has 0 bridgehead atoms. The molecule has 3 rings (SSSR count). The Labute approximate surface area is 142 Å². The molecule has 0 aliphatic carbocycles. The first-order valence-corrected chi connectivity index (χ1v) is 8.28. The molecule has 0 fully saturated rings. The van der Waals surface area contributed by atoms with Gasteiger partial charge in [0.1, 0.15) is 11.4 Å². The van der Waals surface area contributed by atoms with Crippen LogP contribution in [0.3, 0.4) is 0 Å². The molecule has 5 nitrogen and oxygen atoms in total. The summed E-state index contributed by atoms with van der Waals surface area (Å²) in [5.41, 5.74) is 3.70. The zero-order chi connectivity index (χ0) is 16.9. The fraction of sp³-hybridized carbons (Fsp3) is 0.316. The monoisotopic (exact) mass is 322 g/mol. The van der Waals surface area contributed by atoms with Gasteiger partial charge in [-0.2, -0.15) is 0 Å². The Morgan fingerprint density at radius 2 is 1.88 bits per heavy atom. The van der Waals surface area contributed by atoms with Gasteiger partial charge in [-0.3, -0.25) is 4.40 Å². The molecule has 2 heterocycles. The minimum atomic E-state index is 0.748. The van der Waals surface area contributed by atoms with Crippen molar-refractivity contribution in [3.8, 4) is 5.75 Å². The number of rotatable bonds is 6. The Morgan fingerprint density at radius 3 is 2.62 bits per heavy atom. The SMILES string of the molecule is CCCCOc1ccc(N=Nc2c(C)nc3c(C)cccn23)cc1. The van der Waals surface area contributed by atoms with E-state index in [0.717, 1.165) is 53.6 Å². The van der Waals surface area contributed by atoms with Crippen LogP contribution in [-0.4, -0.2) is 16.0 Å². The molecule has 24 heavy (non-hydrogen) atoms. The van der Waals surface area contributed by atoms with E-state index in [4.69, 9.17) is 4.74 Å².